The molecule has 0 aliphatic carbocycles. The van der Waals surface area contributed by atoms with Gasteiger partial charge >= 0.3 is 12.2 Å². The van der Waals surface area contributed by atoms with Crippen LogP contribution < -0.4 is 21.8 Å². The average molecular weight is 589 g/mol. The SMILES string of the molecule is Cc1nn(-c2cc(NS(C)(=O)=O)c(Cl)cc2Cl)c(=O)n1C(F)F.Cc1nnc(-c2ccccc2)c(=O)n1N. The third-order valence-electron chi connectivity index (χ3n) is 4.85. The first kappa shape index (κ1) is 28.7. The Balaban J connectivity index is 0.000000230. The first-order chi connectivity index (χ1) is 17.7. The van der Waals surface area contributed by atoms with E-state index in [9.17, 15) is 26.8 Å². The third kappa shape index (κ3) is 6.35. The number of aromatic nitrogens is 6. The molecule has 0 aliphatic rings. The predicted molar refractivity (Wildman–Crippen MR) is 139 cm³/mol. The van der Waals surface area contributed by atoms with Crippen molar-refractivity contribution in [3.8, 4) is 16.9 Å². The van der Waals surface area contributed by atoms with Crippen molar-refractivity contribution in [2.75, 3.05) is 16.8 Å². The van der Waals surface area contributed by atoms with Crippen LogP contribution in [0.1, 0.15) is 18.2 Å². The highest BCUT2D eigenvalue weighted by atomic mass is 35.5. The van der Waals surface area contributed by atoms with Crippen molar-refractivity contribution in [2.24, 2.45) is 0 Å². The van der Waals surface area contributed by atoms with Gasteiger partial charge in [0.1, 0.15) is 5.82 Å². The quantitative estimate of drug-likeness (QED) is 0.336. The summed E-state index contributed by atoms with van der Waals surface area (Å²) in [6.45, 7) is -0.219. The Hall–Kier alpha value is -3.82. The molecule has 0 fully saturated rings. The summed E-state index contributed by atoms with van der Waals surface area (Å²) < 4.78 is 52.3. The fourth-order valence-electron chi connectivity index (χ4n) is 3.09. The molecule has 17 heteroatoms. The van der Waals surface area contributed by atoms with E-state index < -0.39 is 22.3 Å². The van der Waals surface area contributed by atoms with Crippen molar-refractivity contribution < 1.29 is 17.2 Å². The second kappa shape index (κ2) is 11.3. The standard InChI is InChI=1S/C11H10Cl2F2N4O3S.C10H10N4O/c1-5-16-19(11(20)18(5)10(14)15)9-4-8(17-23(2,21)22)6(12)3-7(9)13;1-7-12-13-9(10(15)14(7)11)8-5-3-2-4-6-8/h3-4,10,17H,1-2H3;2-6H,11H2,1H3. The normalized spacial score (nSPS) is 11.3. The highest BCUT2D eigenvalue weighted by molar-refractivity contribution is 7.92. The van der Waals surface area contributed by atoms with Gasteiger partial charge in [-0.05, 0) is 26.0 Å². The number of nitrogens with one attached hydrogen (secondary N) is 1. The Labute approximate surface area is 224 Å². The van der Waals surface area contributed by atoms with E-state index in [2.05, 4.69) is 20.0 Å². The highest BCUT2D eigenvalue weighted by Crippen LogP contribution is 2.31. The zero-order valence-electron chi connectivity index (χ0n) is 19.9. The molecule has 0 aliphatic heterocycles. The molecular formula is C21H20Cl2F2N8O4S. The monoisotopic (exact) mass is 588 g/mol. The van der Waals surface area contributed by atoms with Gasteiger partial charge in [-0.25, -0.2) is 22.5 Å². The van der Waals surface area contributed by atoms with Gasteiger partial charge in [0.2, 0.25) is 10.0 Å². The van der Waals surface area contributed by atoms with Crippen molar-refractivity contribution in [3.63, 3.8) is 0 Å². The van der Waals surface area contributed by atoms with Gasteiger partial charge in [0.15, 0.2) is 11.5 Å². The Morgan fingerprint density at radius 1 is 1.00 bits per heavy atom. The van der Waals surface area contributed by atoms with Crippen LogP contribution in [0.2, 0.25) is 10.0 Å². The molecule has 0 radical (unpaired) electrons. The van der Waals surface area contributed by atoms with E-state index in [-0.39, 0.29) is 43.1 Å². The lowest BCUT2D eigenvalue weighted by molar-refractivity contribution is 0.0640. The number of alkyl halides is 2. The number of nitrogen functional groups attached to an aromatic ring is 1. The molecule has 0 unspecified atom stereocenters. The molecule has 2 aromatic heterocycles. The van der Waals surface area contributed by atoms with Crippen LogP contribution in [0, 0.1) is 13.8 Å². The van der Waals surface area contributed by atoms with Gasteiger partial charge in [0.05, 0.1) is 27.7 Å². The first-order valence-electron chi connectivity index (χ1n) is 10.4. The Bertz CT molecular complexity index is 1710. The van der Waals surface area contributed by atoms with Crippen LogP contribution in [0.3, 0.4) is 0 Å². The van der Waals surface area contributed by atoms with Crippen LogP contribution in [-0.2, 0) is 10.0 Å². The van der Waals surface area contributed by atoms with Crippen molar-refractivity contribution in [1.82, 2.24) is 29.2 Å². The highest BCUT2D eigenvalue weighted by Gasteiger charge is 2.21. The van der Waals surface area contributed by atoms with E-state index in [1.54, 1.807) is 19.1 Å². The molecule has 4 aromatic rings. The third-order valence-corrected chi connectivity index (χ3v) is 6.05. The van der Waals surface area contributed by atoms with Crippen LogP contribution >= 0.6 is 23.2 Å². The second-order valence-corrected chi connectivity index (χ2v) is 10.2. The summed E-state index contributed by atoms with van der Waals surface area (Å²) in [4.78, 5) is 23.7. The number of rotatable bonds is 5. The zero-order chi connectivity index (χ0) is 28.4. The molecule has 3 N–H and O–H groups in total. The van der Waals surface area contributed by atoms with E-state index in [1.165, 1.54) is 13.0 Å². The number of hydrogen-bond donors (Lipinski definition) is 2. The van der Waals surface area contributed by atoms with Crippen LogP contribution in [0.5, 0.6) is 0 Å². The van der Waals surface area contributed by atoms with E-state index in [4.69, 9.17) is 29.0 Å². The van der Waals surface area contributed by atoms with Crippen molar-refractivity contribution in [1.29, 1.82) is 0 Å². The summed E-state index contributed by atoms with van der Waals surface area (Å²) in [5.74, 6) is 5.68. The maximum Gasteiger partial charge on any atom is 0.355 e. The number of anilines is 1. The summed E-state index contributed by atoms with van der Waals surface area (Å²) in [6, 6.07) is 11.4. The van der Waals surface area contributed by atoms with Gasteiger partial charge in [-0.3, -0.25) is 9.52 Å². The molecule has 0 spiro atoms. The topological polar surface area (TPSA) is 160 Å². The number of halogens is 4. The summed E-state index contributed by atoms with van der Waals surface area (Å²) >= 11 is 11.8. The van der Waals surface area contributed by atoms with E-state index in [0.717, 1.165) is 17.0 Å². The molecule has 2 aromatic carbocycles. The van der Waals surface area contributed by atoms with Crippen molar-refractivity contribution >= 4 is 38.9 Å². The van der Waals surface area contributed by atoms with Gasteiger partial charge in [0.25, 0.3) is 5.56 Å². The molecule has 0 saturated carbocycles. The molecule has 38 heavy (non-hydrogen) atoms. The lowest BCUT2D eigenvalue weighted by Crippen LogP contribution is -2.32. The van der Waals surface area contributed by atoms with Crippen molar-refractivity contribution in [3.05, 3.63) is 85.0 Å². The second-order valence-electron chi connectivity index (χ2n) is 7.68. The fraction of sp³-hybridized carbons (Fsp3) is 0.190. The minimum absolute atomic E-state index is 0.0257. The smallest absolute Gasteiger partial charge is 0.335 e. The van der Waals surface area contributed by atoms with E-state index in [0.29, 0.717) is 16.1 Å². The minimum atomic E-state index is -3.65. The molecule has 202 valence electrons. The zero-order valence-corrected chi connectivity index (χ0v) is 22.3. The predicted octanol–water partition coefficient (Wildman–Crippen LogP) is 2.74. The van der Waals surface area contributed by atoms with Gasteiger partial charge in [-0.2, -0.15) is 13.5 Å². The van der Waals surface area contributed by atoms with E-state index >= 15 is 0 Å². The molecule has 2 heterocycles. The van der Waals surface area contributed by atoms with Crippen LogP contribution in [0.25, 0.3) is 16.9 Å². The maximum atomic E-state index is 12.8. The number of nitrogens with zero attached hydrogens (tertiary/aromatic N) is 6. The first-order valence-corrected chi connectivity index (χ1v) is 13.1. The lowest BCUT2D eigenvalue weighted by Gasteiger charge is -2.10. The van der Waals surface area contributed by atoms with Gasteiger partial charge < -0.3 is 5.84 Å². The number of hydrogen-bond acceptors (Lipinski definition) is 8. The molecular weight excluding hydrogens is 569 g/mol. The molecule has 12 nitrogen and oxygen atoms in total. The number of sulfonamides is 1. The molecule has 0 bridgehead atoms. The van der Waals surface area contributed by atoms with Gasteiger partial charge in [-0.15, -0.1) is 15.3 Å². The number of nitrogens with two attached hydrogens (primary N) is 1. The molecule has 0 amide bonds. The van der Waals surface area contributed by atoms with Crippen LogP contribution in [-0.4, -0.2) is 43.9 Å². The summed E-state index contributed by atoms with van der Waals surface area (Å²) in [5.41, 5.74) is -0.627. The number of benzene rings is 2. The van der Waals surface area contributed by atoms with Crippen LogP contribution in [0.15, 0.2) is 52.1 Å². The Morgan fingerprint density at radius 3 is 2.18 bits per heavy atom. The van der Waals surface area contributed by atoms with E-state index in [1.807, 2.05) is 18.2 Å². The Morgan fingerprint density at radius 2 is 1.63 bits per heavy atom. The largest absolute Gasteiger partial charge is 0.355 e. The fourth-order valence-corrected chi connectivity index (χ4v) is 4.22. The number of aryl methyl sites for hydroxylation is 2. The van der Waals surface area contributed by atoms with Gasteiger partial charge in [0, 0.05) is 5.56 Å². The van der Waals surface area contributed by atoms with Gasteiger partial charge in [-0.1, -0.05) is 53.5 Å². The Kier molecular flexibility index (Phi) is 8.54. The van der Waals surface area contributed by atoms with Crippen molar-refractivity contribution in [2.45, 2.75) is 20.4 Å². The molecule has 4 rings (SSSR count). The van der Waals surface area contributed by atoms with Crippen LogP contribution in [0.4, 0.5) is 14.5 Å². The lowest BCUT2D eigenvalue weighted by atomic mass is 10.2. The average Bonchev–Trinajstić information content (AvgIpc) is 3.13. The minimum Gasteiger partial charge on any atom is -0.335 e. The molecule has 0 saturated heterocycles. The molecule has 0 atom stereocenters. The summed E-state index contributed by atoms with van der Waals surface area (Å²) in [5, 5.41) is 11.3. The summed E-state index contributed by atoms with van der Waals surface area (Å²) in [6.07, 6.45) is 0.902. The summed E-state index contributed by atoms with van der Waals surface area (Å²) in [7, 11) is -3.65. The maximum absolute atomic E-state index is 12.8.